The van der Waals surface area contributed by atoms with E-state index < -0.39 is 0 Å². The summed E-state index contributed by atoms with van der Waals surface area (Å²) in [5.41, 5.74) is 5.75. The van der Waals surface area contributed by atoms with E-state index in [1.807, 2.05) is 0 Å². The van der Waals surface area contributed by atoms with E-state index in [0.29, 0.717) is 45.1 Å². The molecule has 0 aliphatic rings. The largest absolute Gasteiger partial charge is 0.377 e. The third kappa shape index (κ3) is 13.9. The van der Waals surface area contributed by atoms with Gasteiger partial charge in [0.25, 0.3) is 0 Å². The summed E-state index contributed by atoms with van der Waals surface area (Å²) in [5.74, 6) is 0.828. The van der Waals surface area contributed by atoms with Gasteiger partial charge in [-0.25, -0.2) is 0 Å². The maximum atomic E-state index is 5.75. The summed E-state index contributed by atoms with van der Waals surface area (Å²) in [6, 6.07) is 0.834. The number of nitrogens with two attached hydrogens (primary N) is 1. The Labute approximate surface area is 129 Å². The SMILES string of the molecule is CCC(N)COCCOCCN=C(NC(C)C)NC(C)C. The van der Waals surface area contributed by atoms with Gasteiger partial charge >= 0.3 is 0 Å². The van der Waals surface area contributed by atoms with Crippen molar-refractivity contribution in [2.24, 2.45) is 10.7 Å². The van der Waals surface area contributed by atoms with Gasteiger partial charge in [0.2, 0.25) is 0 Å². The highest BCUT2D eigenvalue weighted by atomic mass is 16.5. The molecule has 0 rings (SSSR count). The average molecular weight is 302 g/mol. The number of hydrogen-bond acceptors (Lipinski definition) is 4. The summed E-state index contributed by atoms with van der Waals surface area (Å²) in [7, 11) is 0. The summed E-state index contributed by atoms with van der Waals surface area (Å²) < 4.78 is 10.9. The zero-order valence-electron chi connectivity index (χ0n) is 14.3. The van der Waals surface area contributed by atoms with Crippen molar-refractivity contribution in [1.82, 2.24) is 10.6 Å². The van der Waals surface area contributed by atoms with Crippen LogP contribution in [-0.2, 0) is 9.47 Å². The van der Waals surface area contributed by atoms with E-state index in [-0.39, 0.29) is 6.04 Å². The fourth-order valence-corrected chi connectivity index (χ4v) is 1.47. The Morgan fingerprint density at radius 2 is 1.57 bits per heavy atom. The molecule has 6 nitrogen and oxygen atoms in total. The van der Waals surface area contributed by atoms with E-state index in [1.54, 1.807) is 0 Å². The predicted molar refractivity (Wildman–Crippen MR) is 88.7 cm³/mol. The van der Waals surface area contributed by atoms with E-state index in [4.69, 9.17) is 15.2 Å². The van der Waals surface area contributed by atoms with Gasteiger partial charge in [0.1, 0.15) is 0 Å². The van der Waals surface area contributed by atoms with E-state index >= 15 is 0 Å². The molecule has 0 aliphatic carbocycles. The fourth-order valence-electron chi connectivity index (χ4n) is 1.47. The maximum absolute atomic E-state index is 5.75. The Kier molecular flexibility index (Phi) is 12.3. The minimum atomic E-state index is 0.126. The summed E-state index contributed by atoms with van der Waals surface area (Å²) in [6.07, 6.45) is 0.935. The van der Waals surface area contributed by atoms with Gasteiger partial charge in [-0.05, 0) is 34.1 Å². The van der Waals surface area contributed by atoms with Crippen molar-refractivity contribution in [2.75, 3.05) is 33.0 Å². The first kappa shape index (κ1) is 20.1. The molecule has 0 fully saturated rings. The molecule has 6 heteroatoms. The Morgan fingerprint density at radius 3 is 2.10 bits per heavy atom. The monoisotopic (exact) mass is 302 g/mol. The van der Waals surface area contributed by atoms with Crippen LogP contribution in [0.25, 0.3) is 0 Å². The third-order valence-electron chi connectivity index (χ3n) is 2.58. The van der Waals surface area contributed by atoms with Crippen molar-refractivity contribution in [3.05, 3.63) is 0 Å². The fraction of sp³-hybridized carbons (Fsp3) is 0.933. The van der Waals surface area contributed by atoms with Crippen LogP contribution in [0.15, 0.2) is 4.99 Å². The Morgan fingerprint density at radius 1 is 1.00 bits per heavy atom. The van der Waals surface area contributed by atoms with Gasteiger partial charge in [0.15, 0.2) is 5.96 Å². The lowest BCUT2D eigenvalue weighted by Gasteiger charge is -2.17. The van der Waals surface area contributed by atoms with Gasteiger partial charge in [0.05, 0.1) is 33.0 Å². The van der Waals surface area contributed by atoms with Crippen LogP contribution in [0.5, 0.6) is 0 Å². The Hall–Kier alpha value is -0.850. The molecule has 0 spiro atoms. The summed E-state index contributed by atoms with van der Waals surface area (Å²) in [4.78, 5) is 4.47. The van der Waals surface area contributed by atoms with Gasteiger partial charge in [0, 0.05) is 18.1 Å². The van der Waals surface area contributed by atoms with Crippen LogP contribution in [0, 0.1) is 0 Å². The molecular formula is C15H34N4O2. The number of aliphatic imine (C=N–C) groups is 1. The molecule has 0 saturated heterocycles. The quantitative estimate of drug-likeness (QED) is 0.303. The number of nitrogens with zero attached hydrogens (tertiary/aromatic N) is 1. The summed E-state index contributed by atoms with van der Waals surface area (Å²) in [6.45, 7) is 13.4. The molecule has 0 heterocycles. The second-order valence-corrected chi connectivity index (χ2v) is 5.68. The lowest BCUT2D eigenvalue weighted by atomic mass is 10.3. The first-order chi connectivity index (χ1) is 9.95. The van der Waals surface area contributed by atoms with Crippen LogP contribution < -0.4 is 16.4 Å². The van der Waals surface area contributed by atoms with Crippen LogP contribution in [0.2, 0.25) is 0 Å². The van der Waals surface area contributed by atoms with Crippen LogP contribution in [-0.4, -0.2) is 57.1 Å². The lowest BCUT2D eigenvalue weighted by Crippen LogP contribution is -2.44. The van der Waals surface area contributed by atoms with Crippen molar-refractivity contribution in [3.63, 3.8) is 0 Å². The summed E-state index contributed by atoms with van der Waals surface area (Å²) in [5, 5.41) is 6.57. The van der Waals surface area contributed by atoms with Crippen molar-refractivity contribution >= 4 is 5.96 Å². The van der Waals surface area contributed by atoms with Gasteiger partial charge < -0.3 is 25.8 Å². The molecule has 21 heavy (non-hydrogen) atoms. The second-order valence-electron chi connectivity index (χ2n) is 5.68. The molecule has 0 bridgehead atoms. The van der Waals surface area contributed by atoms with Crippen molar-refractivity contribution in [3.8, 4) is 0 Å². The predicted octanol–water partition coefficient (Wildman–Crippen LogP) is 1.11. The van der Waals surface area contributed by atoms with E-state index in [2.05, 4.69) is 50.2 Å². The van der Waals surface area contributed by atoms with Gasteiger partial charge in [-0.15, -0.1) is 0 Å². The van der Waals surface area contributed by atoms with E-state index in [9.17, 15) is 0 Å². The first-order valence-electron chi connectivity index (χ1n) is 7.94. The van der Waals surface area contributed by atoms with Gasteiger partial charge in [-0.3, -0.25) is 4.99 Å². The van der Waals surface area contributed by atoms with E-state index in [1.165, 1.54) is 0 Å². The number of nitrogens with one attached hydrogen (secondary N) is 2. The average Bonchev–Trinajstić information content (AvgIpc) is 2.39. The molecule has 0 aliphatic heterocycles. The zero-order valence-corrected chi connectivity index (χ0v) is 14.3. The summed E-state index contributed by atoms with van der Waals surface area (Å²) >= 11 is 0. The topological polar surface area (TPSA) is 80.9 Å². The minimum Gasteiger partial charge on any atom is -0.377 e. The molecule has 0 aromatic heterocycles. The second kappa shape index (κ2) is 12.9. The highest BCUT2D eigenvalue weighted by Crippen LogP contribution is 1.88. The number of ether oxygens (including phenoxy) is 2. The van der Waals surface area contributed by atoms with Crippen molar-refractivity contribution in [2.45, 2.75) is 59.2 Å². The smallest absolute Gasteiger partial charge is 0.191 e. The molecular weight excluding hydrogens is 268 g/mol. The standard InChI is InChI=1S/C15H34N4O2/c1-6-14(16)11-21-10-9-20-8-7-17-15(18-12(2)3)19-13(4)5/h12-14H,6-11,16H2,1-5H3,(H2,17,18,19). The Bertz CT molecular complexity index is 258. The molecule has 0 aromatic rings. The molecule has 0 saturated carbocycles. The van der Waals surface area contributed by atoms with Crippen molar-refractivity contribution in [1.29, 1.82) is 0 Å². The number of hydrogen-bond donors (Lipinski definition) is 3. The Balaban J connectivity index is 3.70. The zero-order chi connectivity index (χ0) is 16.1. The van der Waals surface area contributed by atoms with Crippen LogP contribution >= 0.6 is 0 Å². The van der Waals surface area contributed by atoms with Crippen LogP contribution in [0.1, 0.15) is 41.0 Å². The molecule has 126 valence electrons. The third-order valence-corrected chi connectivity index (χ3v) is 2.58. The molecule has 1 atom stereocenters. The van der Waals surface area contributed by atoms with E-state index in [0.717, 1.165) is 12.4 Å². The minimum absolute atomic E-state index is 0.126. The van der Waals surface area contributed by atoms with Gasteiger partial charge in [-0.1, -0.05) is 6.92 Å². The maximum Gasteiger partial charge on any atom is 0.191 e. The highest BCUT2D eigenvalue weighted by Gasteiger charge is 2.02. The highest BCUT2D eigenvalue weighted by molar-refractivity contribution is 5.80. The number of rotatable bonds is 11. The molecule has 0 radical (unpaired) electrons. The van der Waals surface area contributed by atoms with Gasteiger partial charge in [-0.2, -0.15) is 0 Å². The first-order valence-corrected chi connectivity index (χ1v) is 7.94. The van der Waals surface area contributed by atoms with Crippen molar-refractivity contribution < 1.29 is 9.47 Å². The lowest BCUT2D eigenvalue weighted by molar-refractivity contribution is 0.0452. The molecule has 0 amide bonds. The molecule has 0 aromatic carbocycles. The number of guanidine groups is 1. The molecule has 1 unspecified atom stereocenters. The normalized spacial score (nSPS) is 12.6. The van der Waals surface area contributed by atoms with Crippen LogP contribution in [0.3, 0.4) is 0 Å². The molecule has 4 N–H and O–H groups in total. The van der Waals surface area contributed by atoms with Crippen LogP contribution in [0.4, 0.5) is 0 Å².